The minimum Gasteiger partial charge on any atom is -0.505 e. The zero-order valence-electron chi connectivity index (χ0n) is 14.4. The van der Waals surface area contributed by atoms with Crippen LogP contribution in [0.1, 0.15) is 30.7 Å². The lowest BCUT2D eigenvalue weighted by atomic mass is 10.0. The molecule has 3 rings (SSSR count). The smallest absolute Gasteiger partial charge is 0.414 e. The standard InChI is InChI=1S/C19H18Cl2N2O3/c1-3-12-5-4-8-22-16(12)18(24)11(2)13-6-7-14(20)17(15(13)21)23-9-10-26-19(23)25/h4-8,24H,3,9-10H2,1-2H3/b18-11-. The monoisotopic (exact) mass is 392 g/mol. The van der Waals surface area contributed by atoms with Gasteiger partial charge in [0, 0.05) is 17.3 Å². The number of aliphatic hydroxyl groups is 1. The van der Waals surface area contributed by atoms with E-state index in [9.17, 15) is 9.90 Å². The first-order chi connectivity index (χ1) is 12.5. The molecule has 0 saturated carbocycles. The fraction of sp³-hybridized carbons (Fsp3) is 0.263. The van der Waals surface area contributed by atoms with Gasteiger partial charge in [-0.2, -0.15) is 0 Å². The Morgan fingerprint density at radius 3 is 2.77 bits per heavy atom. The Kier molecular flexibility index (Phi) is 5.39. The lowest BCUT2D eigenvalue weighted by Crippen LogP contribution is -2.24. The molecule has 1 saturated heterocycles. The molecule has 1 fully saturated rings. The molecule has 0 unspecified atom stereocenters. The highest BCUT2D eigenvalue weighted by molar-refractivity contribution is 6.41. The number of allylic oxidation sites excluding steroid dienone is 1. The maximum Gasteiger partial charge on any atom is 0.414 e. The van der Waals surface area contributed by atoms with Crippen molar-refractivity contribution in [2.45, 2.75) is 20.3 Å². The quantitative estimate of drug-likeness (QED) is 0.711. The highest BCUT2D eigenvalue weighted by Crippen LogP contribution is 2.41. The van der Waals surface area contributed by atoms with Gasteiger partial charge in [0.1, 0.15) is 18.1 Å². The van der Waals surface area contributed by atoms with Crippen molar-refractivity contribution in [3.05, 3.63) is 57.3 Å². The molecule has 1 aromatic carbocycles. The van der Waals surface area contributed by atoms with Crippen LogP contribution >= 0.6 is 23.2 Å². The predicted octanol–water partition coefficient (Wildman–Crippen LogP) is 5.35. The summed E-state index contributed by atoms with van der Waals surface area (Å²) in [5.41, 5.74) is 2.96. The van der Waals surface area contributed by atoms with E-state index in [2.05, 4.69) is 4.98 Å². The molecule has 0 spiro atoms. The summed E-state index contributed by atoms with van der Waals surface area (Å²) in [7, 11) is 0. The maximum absolute atomic E-state index is 11.9. The van der Waals surface area contributed by atoms with Gasteiger partial charge in [-0.25, -0.2) is 4.79 Å². The van der Waals surface area contributed by atoms with Gasteiger partial charge in [-0.15, -0.1) is 0 Å². The fourth-order valence-corrected chi connectivity index (χ4v) is 3.63. The summed E-state index contributed by atoms with van der Waals surface area (Å²) in [6.07, 6.45) is 1.88. The van der Waals surface area contributed by atoms with Crippen molar-refractivity contribution in [1.29, 1.82) is 0 Å². The number of pyridine rings is 1. The average Bonchev–Trinajstić information content (AvgIpc) is 3.06. The third kappa shape index (κ3) is 3.24. The van der Waals surface area contributed by atoms with E-state index in [-0.39, 0.29) is 17.4 Å². The largest absolute Gasteiger partial charge is 0.505 e. The number of rotatable bonds is 4. The van der Waals surface area contributed by atoms with E-state index in [1.54, 1.807) is 25.3 Å². The number of ether oxygens (including phenoxy) is 1. The number of hydrogen-bond acceptors (Lipinski definition) is 4. The number of aromatic nitrogens is 1. The highest BCUT2D eigenvalue weighted by atomic mass is 35.5. The first-order valence-corrected chi connectivity index (χ1v) is 8.98. The van der Waals surface area contributed by atoms with Crippen molar-refractivity contribution in [2.24, 2.45) is 0 Å². The zero-order chi connectivity index (χ0) is 18.8. The highest BCUT2D eigenvalue weighted by Gasteiger charge is 2.29. The summed E-state index contributed by atoms with van der Waals surface area (Å²) >= 11 is 12.8. The molecule has 26 heavy (non-hydrogen) atoms. The van der Waals surface area contributed by atoms with Crippen molar-refractivity contribution in [2.75, 3.05) is 18.1 Å². The molecule has 2 aromatic rings. The van der Waals surface area contributed by atoms with Gasteiger partial charge >= 0.3 is 6.09 Å². The Bertz CT molecular complexity index is 896. The summed E-state index contributed by atoms with van der Waals surface area (Å²) in [6, 6.07) is 7.12. The van der Waals surface area contributed by atoms with Gasteiger partial charge < -0.3 is 9.84 Å². The third-order valence-corrected chi connectivity index (χ3v) is 5.04. The van der Waals surface area contributed by atoms with E-state index in [0.717, 1.165) is 12.0 Å². The molecule has 0 radical (unpaired) electrons. The number of aliphatic hydroxyl groups excluding tert-OH is 1. The topological polar surface area (TPSA) is 62.7 Å². The molecule has 2 heterocycles. The maximum atomic E-state index is 11.9. The van der Waals surface area contributed by atoms with Crippen molar-refractivity contribution in [3.8, 4) is 0 Å². The molecule has 1 amide bonds. The number of amides is 1. The fourth-order valence-electron chi connectivity index (χ4n) is 2.92. The minimum atomic E-state index is -0.491. The predicted molar refractivity (Wildman–Crippen MR) is 104 cm³/mol. The minimum absolute atomic E-state index is 0.0432. The van der Waals surface area contributed by atoms with Crippen LogP contribution in [-0.2, 0) is 11.2 Å². The molecule has 1 aromatic heterocycles. The molecule has 1 N–H and O–H groups in total. The van der Waals surface area contributed by atoms with Gasteiger partial charge in [0.15, 0.2) is 0 Å². The Hall–Kier alpha value is -2.24. The van der Waals surface area contributed by atoms with E-state index >= 15 is 0 Å². The van der Waals surface area contributed by atoms with Gasteiger partial charge in [-0.05, 0) is 31.0 Å². The lowest BCUT2D eigenvalue weighted by Gasteiger charge is -2.19. The number of hydrogen-bond donors (Lipinski definition) is 1. The van der Waals surface area contributed by atoms with Gasteiger partial charge in [0.2, 0.25) is 0 Å². The number of benzene rings is 1. The SMILES string of the molecule is CCc1cccnc1/C(O)=C(\C)c1ccc(Cl)c(N2CCOC2=O)c1Cl. The first-order valence-electron chi connectivity index (χ1n) is 8.22. The summed E-state index contributed by atoms with van der Waals surface area (Å²) in [4.78, 5) is 17.6. The van der Waals surface area contributed by atoms with Crippen LogP contribution in [0.25, 0.3) is 11.3 Å². The second-order valence-electron chi connectivity index (χ2n) is 5.86. The summed E-state index contributed by atoms with van der Waals surface area (Å²) < 4.78 is 4.98. The number of aryl methyl sites for hydroxylation is 1. The molecule has 1 aliphatic rings. The van der Waals surface area contributed by atoms with Gasteiger partial charge in [0.05, 0.1) is 22.3 Å². The second kappa shape index (κ2) is 7.56. The number of nitrogens with zero attached hydrogens (tertiary/aromatic N) is 2. The lowest BCUT2D eigenvalue weighted by molar-refractivity contribution is 0.181. The van der Waals surface area contributed by atoms with E-state index in [4.69, 9.17) is 27.9 Å². The van der Waals surface area contributed by atoms with E-state index in [1.165, 1.54) is 4.90 Å². The molecule has 136 valence electrons. The van der Waals surface area contributed by atoms with Crippen LogP contribution in [0.5, 0.6) is 0 Å². The Labute approximate surface area is 161 Å². The van der Waals surface area contributed by atoms with Crippen molar-refractivity contribution in [3.63, 3.8) is 0 Å². The van der Waals surface area contributed by atoms with Crippen LogP contribution < -0.4 is 4.90 Å². The van der Waals surface area contributed by atoms with Gasteiger partial charge in [0.25, 0.3) is 0 Å². The van der Waals surface area contributed by atoms with Crippen molar-refractivity contribution < 1.29 is 14.6 Å². The van der Waals surface area contributed by atoms with E-state index < -0.39 is 6.09 Å². The third-order valence-electron chi connectivity index (χ3n) is 4.35. The van der Waals surface area contributed by atoms with Gasteiger partial charge in [-0.3, -0.25) is 9.88 Å². The molecular formula is C19H18Cl2N2O3. The number of carbonyl (C=O) groups is 1. The van der Waals surface area contributed by atoms with Crippen molar-refractivity contribution >= 4 is 46.3 Å². The number of anilines is 1. The van der Waals surface area contributed by atoms with Crippen molar-refractivity contribution in [1.82, 2.24) is 4.98 Å². The van der Waals surface area contributed by atoms with Crippen LogP contribution in [0.3, 0.4) is 0 Å². The second-order valence-corrected chi connectivity index (χ2v) is 6.65. The van der Waals surface area contributed by atoms with Gasteiger partial charge in [-0.1, -0.05) is 42.3 Å². The summed E-state index contributed by atoms with van der Waals surface area (Å²) in [6.45, 7) is 4.40. The Morgan fingerprint density at radius 1 is 1.35 bits per heavy atom. The van der Waals surface area contributed by atoms with Crippen LogP contribution in [0.4, 0.5) is 10.5 Å². The van der Waals surface area contributed by atoms with Crippen LogP contribution in [0.15, 0.2) is 30.5 Å². The summed E-state index contributed by atoms with van der Waals surface area (Å²) in [5.74, 6) is 0.0432. The molecule has 0 bridgehead atoms. The van der Waals surface area contributed by atoms with E-state index in [1.807, 2.05) is 19.1 Å². The zero-order valence-corrected chi connectivity index (χ0v) is 15.9. The number of carbonyl (C=O) groups excluding carboxylic acids is 1. The number of halogens is 2. The van der Waals surface area contributed by atoms with Crippen LogP contribution in [-0.4, -0.2) is 29.3 Å². The molecular weight excluding hydrogens is 375 g/mol. The van der Waals surface area contributed by atoms with E-state index in [0.29, 0.717) is 34.1 Å². The van der Waals surface area contributed by atoms with Crippen LogP contribution in [0.2, 0.25) is 10.0 Å². The normalized spacial score (nSPS) is 15.1. The average molecular weight is 393 g/mol. The molecule has 0 aliphatic carbocycles. The Morgan fingerprint density at radius 2 is 2.12 bits per heavy atom. The first kappa shape index (κ1) is 18.5. The number of cyclic esters (lactones) is 1. The molecule has 5 nitrogen and oxygen atoms in total. The molecule has 1 aliphatic heterocycles. The summed E-state index contributed by atoms with van der Waals surface area (Å²) in [5, 5.41) is 11.4. The Balaban J connectivity index is 2.13. The molecule has 7 heteroatoms. The molecule has 0 atom stereocenters. The van der Waals surface area contributed by atoms with Crippen LogP contribution in [0, 0.1) is 0 Å².